The lowest BCUT2D eigenvalue weighted by Gasteiger charge is -2.30. The van der Waals surface area contributed by atoms with Crippen LogP contribution in [0.15, 0.2) is 176 Å². The topological polar surface area (TPSA) is 149 Å². The molecule has 2 unspecified atom stereocenters. The number of benzene rings is 6. The highest BCUT2D eigenvalue weighted by atomic mass is 16.5. The zero-order valence-corrected chi connectivity index (χ0v) is 39.7. The Balaban J connectivity index is 0.865. The summed E-state index contributed by atoms with van der Waals surface area (Å²) in [6.07, 6.45) is 1.26. The smallest absolute Gasteiger partial charge is 0.328 e. The van der Waals surface area contributed by atoms with Crippen molar-refractivity contribution >= 4 is 46.8 Å². The maximum absolute atomic E-state index is 13.4. The summed E-state index contributed by atoms with van der Waals surface area (Å²) in [5, 5.41) is 6.46. The van der Waals surface area contributed by atoms with E-state index in [-0.39, 0.29) is 18.0 Å². The summed E-state index contributed by atoms with van der Waals surface area (Å²) >= 11 is 0. The molecule has 0 spiro atoms. The minimum atomic E-state index is -1.42. The Morgan fingerprint density at radius 3 is 1.56 bits per heavy atom. The van der Waals surface area contributed by atoms with Gasteiger partial charge in [0.1, 0.15) is 42.4 Å². The lowest BCUT2D eigenvalue weighted by molar-refractivity contribution is -0.141. The Kier molecular flexibility index (Phi) is 17.1. The summed E-state index contributed by atoms with van der Waals surface area (Å²) in [5.41, 5.74) is 3.35. The maximum Gasteiger partial charge on any atom is 0.328 e. The van der Waals surface area contributed by atoms with E-state index in [2.05, 4.69) is 10.6 Å². The molecule has 2 N–H and O–H groups in total. The van der Waals surface area contributed by atoms with Crippen LogP contribution >= 0.6 is 0 Å². The summed E-state index contributed by atoms with van der Waals surface area (Å²) < 4.78 is 23.1. The van der Waals surface area contributed by atoms with Gasteiger partial charge in [0.15, 0.2) is 23.6 Å². The van der Waals surface area contributed by atoms with Crippen LogP contribution in [0.3, 0.4) is 0 Å². The number of ketones is 2. The van der Waals surface area contributed by atoms with Gasteiger partial charge in [0.25, 0.3) is 0 Å². The van der Waals surface area contributed by atoms with Gasteiger partial charge in [0.05, 0.1) is 20.2 Å². The molecule has 13 heteroatoms. The van der Waals surface area contributed by atoms with Gasteiger partial charge >= 0.3 is 5.97 Å². The molecule has 0 amide bonds. The van der Waals surface area contributed by atoms with Crippen LogP contribution in [0.1, 0.15) is 43.0 Å². The third-order valence-electron chi connectivity index (χ3n) is 11.8. The number of methoxy groups -OCH3 is 2. The van der Waals surface area contributed by atoms with Gasteiger partial charge in [-0.05, 0) is 71.8 Å². The van der Waals surface area contributed by atoms with Crippen molar-refractivity contribution in [2.75, 3.05) is 75.1 Å². The van der Waals surface area contributed by atoms with E-state index in [9.17, 15) is 19.2 Å². The number of hydrogen-bond acceptors (Lipinski definition) is 13. The first-order chi connectivity index (χ1) is 34.1. The number of nitrogens with one attached hydrogen (secondary N) is 2. The van der Waals surface area contributed by atoms with Crippen molar-refractivity contribution in [1.82, 2.24) is 4.98 Å². The molecule has 13 nitrogen and oxygen atoms in total. The van der Waals surface area contributed by atoms with E-state index in [1.807, 2.05) is 133 Å². The number of ether oxygens (including phenoxy) is 4. The molecule has 0 fully saturated rings. The number of para-hydroxylation sites is 2. The van der Waals surface area contributed by atoms with Crippen LogP contribution in [0.25, 0.3) is 0 Å². The molecule has 0 aliphatic rings. The second-order valence-electron chi connectivity index (χ2n) is 16.6. The number of carbonyl (C=O) groups is 4. The lowest BCUT2D eigenvalue weighted by Crippen LogP contribution is -2.44. The third-order valence-corrected chi connectivity index (χ3v) is 11.8. The van der Waals surface area contributed by atoms with Gasteiger partial charge < -0.3 is 39.4 Å². The average molecular weight is 940 g/mol. The average Bonchev–Trinajstić information content (AvgIpc) is 3.41. The molecule has 0 saturated carbocycles. The number of rotatable bonds is 25. The summed E-state index contributed by atoms with van der Waals surface area (Å²) in [5.74, 6) is 2.19. The van der Waals surface area contributed by atoms with Gasteiger partial charge in [-0.3, -0.25) is 14.4 Å². The standard InChI is InChI=1S/C57H57N5O8/c1-61(34-36-69-45-30-26-41(27-31-45)38-51(56(66)67-3)58-49-22-13-11-20-47(49)54(64)43-16-7-5-8-17-43)52-24-15-25-53(59-52)62(2)35-37-70-46-32-28-42(29-33-46)39-57(40-63,68-4)60-50-23-14-12-21-48(50)55(65)44-18-9-6-10-19-44/h5-33,40,51,58,60H,34-39H2,1-4H3. The van der Waals surface area contributed by atoms with Crippen LogP contribution < -0.4 is 29.9 Å². The molecule has 70 heavy (non-hydrogen) atoms. The summed E-state index contributed by atoms with van der Waals surface area (Å²) in [7, 11) is 6.73. The van der Waals surface area contributed by atoms with Crippen LogP contribution in [0.2, 0.25) is 0 Å². The predicted octanol–water partition coefficient (Wildman–Crippen LogP) is 8.97. The number of esters is 1. The molecule has 2 atom stereocenters. The van der Waals surface area contributed by atoms with E-state index in [0.717, 1.165) is 29.0 Å². The number of nitrogens with zero attached hydrogens (tertiary/aromatic N) is 3. The normalized spacial score (nSPS) is 12.1. The predicted molar refractivity (Wildman–Crippen MR) is 274 cm³/mol. The molecule has 0 aliphatic carbocycles. The number of pyridine rings is 1. The van der Waals surface area contributed by atoms with E-state index < -0.39 is 17.7 Å². The molecule has 6 aromatic carbocycles. The summed E-state index contributed by atoms with van der Waals surface area (Å²) in [4.78, 5) is 61.1. The summed E-state index contributed by atoms with van der Waals surface area (Å²) in [6.45, 7) is 1.95. The van der Waals surface area contributed by atoms with Gasteiger partial charge in [-0.2, -0.15) is 0 Å². The highest BCUT2D eigenvalue weighted by Crippen LogP contribution is 2.27. The first-order valence-electron chi connectivity index (χ1n) is 22.9. The van der Waals surface area contributed by atoms with E-state index >= 15 is 0 Å². The first-order valence-corrected chi connectivity index (χ1v) is 22.9. The highest BCUT2D eigenvalue weighted by molar-refractivity contribution is 6.13. The van der Waals surface area contributed by atoms with Crippen molar-refractivity contribution in [2.24, 2.45) is 0 Å². The van der Waals surface area contributed by atoms with Crippen molar-refractivity contribution < 1.29 is 38.1 Å². The largest absolute Gasteiger partial charge is 0.492 e. The fourth-order valence-electron chi connectivity index (χ4n) is 7.76. The van der Waals surface area contributed by atoms with Gasteiger partial charge in [0.2, 0.25) is 0 Å². The van der Waals surface area contributed by atoms with E-state index in [0.29, 0.717) is 77.9 Å². The molecule has 0 saturated heterocycles. The Hall–Kier alpha value is -8.29. The Morgan fingerprint density at radius 1 is 0.586 bits per heavy atom. The van der Waals surface area contributed by atoms with Crippen molar-refractivity contribution in [2.45, 2.75) is 24.6 Å². The molecule has 0 aliphatic heterocycles. The van der Waals surface area contributed by atoms with E-state index in [1.54, 1.807) is 66.7 Å². The van der Waals surface area contributed by atoms with Gasteiger partial charge in [-0.1, -0.05) is 115 Å². The first kappa shape index (κ1) is 49.6. The molecule has 1 heterocycles. The van der Waals surface area contributed by atoms with Gasteiger partial charge in [-0.25, -0.2) is 9.78 Å². The minimum Gasteiger partial charge on any atom is -0.492 e. The Bertz CT molecular complexity index is 2830. The lowest BCUT2D eigenvalue weighted by atomic mass is 9.99. The van der Waals surface area contributed by atoms with Gasteiger partial charge in [0, 0.05) is 67.7 Å². The molecule has 358 valence electrons. The number of likely N-dealkylation sites (N-methyl/N-ethyl adjacent to an activating group) is 2. The number of aldehydes is 1. The molecule has 7 aromatic rings. The molecule has 7 rings (SSSR count). The van der Waals surface area contributed by atoms with Crippen LogP contribution in [0.4, 0.5) is 23.0 Å². The van der Waals surface area contributed by atoms with Crippen LogP contribution in [0, 0.1) is 0 Å². The second kappa shape index (κ2) is 24.1. The zero-order chi connectivity index (χ0) is 49.3. The molecule has 1 aromatic heterocycles. The van der Waals surface area contributed by atoms with Crippen molar-refractivity contribution in [3.63, 3.8) is 0 Å². The maximum atomic E-state index is 13.4. The number of aromatic nitrogens is 1. The number of carbonyl (C=O) groups excluding carboxylic acids is 4. The van der Waals surface area contributed by atoms with Crippen molar-refractivity contribution in [3.05, 3.63) is 209 Å². The summed E-state index contributed by atoms with van der Waals surface area (Å²) in [6, 6.07) is 52.5. The fraction of sp³-hybridized carbons (Fsp3) is 0.211. The Labute approximate surface area is 409 Å². The van der Waals surface area contributed by atoms with Crippen LogP contribution in [0.5, 0.6) is 11.5 Å². The van der Waals surface area contributed by atoms with Crippen molar-refractivity contribution in [1.29, 1.82) is 0 Å². The van der Waals surface area contributed by atoms with Crippen LogP contribution in [-0.4, -0.2) is 95.2 Å². The zero-order valence-electron chi connectivity index (χ0n) is 39.7. The number of anilines is 4. The fourth-order valence-corrected chi connectivity index (χ4v) is 7.76. The quantitative estimate of drug-likeness (QED) is 0.0243. The molecule has 0 radical (unpaired) electrons. The number of hydrogen-bond donors (Lipinski definition) is 2. The van der Waals surface area contributed by atoms with Gasteiger partial charge in [-0.15, -0.1) is 0 Å². The Morgan fingerprint density at radius 2 is 1.06 bits per heavy atom. The van der Waals surface area contributed by atoms with E-state index in [1.165, 1.54) is 14.2 Å². The monoisotopic (exact) mass is 939 g/mol. The molecular weight excluding hydrogens is 883 g/mol. The van der Waals surface area contributed by atoms with Crippen LogP contribution in [-0.2, 0) is 31.9 Å². The SMILES string of the molecule is COC(=O)C(Cc1ccc(OCCN(C)c2cccc(N(C)CCOc3ccc(CC(C=O)(Nc4ccccc4C(=O)c4ccccc4)OC)cc3)n2)cc1)Nc1ccccc1C(=O)c1ccccc1. The minimum absolute atomic E-state index is 0.142. The second-order valence-corrected chi connectivity index (χ2v) is 16.6. The molecular formula is C57H57N5O8. The highest BCUT2D eigenvalue weighted by Gasteiger charge is 2.31. The van der Waals surface area contributed by atoms with E-state index in [4.69, 9.17) is 23.9 Å². The third kappa shape index (κ3) is 13.0. The van der Waals surface area contributed by atoms with Crippen molar-refractivity contribution in [3.8, 4) is 11.5 Å². The molecule has 0 bridgehead atoms.